The molecule has 0 unspecified atom stereocenters. The molecule has 1 saturated carbocycles. The van der Waals surface area contributed by atoms with E-state index >= 15 is 0 Å². The number of rotatable bonds is 3. The molecule has 1 rings (SSSR count). The third kappa shape index (κ3) is 4.45. The largest absolute Gasteiger partial charge is 0.398 e. The first-order chi connectivity index (χ1) is 7.24. The van der Waals surface area contributed by atoms with Gasteiger partial charge in [0.05, 0.1) is 0 Å². The Balaban J connectivity index is 2.60. The minimum absolute atomic E-state index is 0.468. The van der Waals surface area contributed by atoms with Crippen LogP contribution in [0.25, 0.3) is 0 Å². The van der Waals surface area contributed by atoms with Crippen LogP contribution in [0.4, 0.5) is 0 Å². The van der Waals surface area contributed by atoms with Crippen molar-refractivity contribution in [3.63, 3.8) is 0 Å². The summed E-state index contributed by atoms with van der Waals surface area (Å²) in [4.78, 5) is 9.30. The highest BCUT2D eigenvalue weighted by molar-refractivity contribution is 5.91. The van der Waals surface area contributed by atoms with Crippen molar-refractivity contribution in [3.8, 4) is 0 Å². The average Bonchev–Trinajstić information content (AvgIpc) is 2.25. The molecule has 0 atom stereocenters. The Morgan fingerprint density at radius 2 is 1.93 bits per heavy atom. The quantitative estimate of drug-likeness (QED) is 0.400. The molecule has 1 aliphatic carbocycles. The fourth-order valence-corrected chi connectivity index (χ4v) is 1.88. The van der Waals surface area contributed by atoms with Crippen LogP contribution in [-0.2, 0) is 4.84 Å². The van der Waals surface area contributed by atoms with Crippen molar-refractivity contribution < 1.29 is 4.84 Å². The molecular weight excluding hydrogens is 188 g/mol. The molecule has 0 radical (unpaired) electrons. The van der Waals surface area contributed by atoms with E-state index in [2.05, 4.69) is 24.0 Å². The first-order valence-electron chi connectivity index (χ1n) is 5.89. The topological polar surface area (TPSA) is 34.0 Å². The van der Waals surface area contributed by atoms with E-state index in [4.69, 9.17) is 4.84 Å². The van der Waals surface area contributed by atoms with E-state index in [0.29, 0.717) is 11.8 Å². The first kappa shape index (κ1) is 12.2. The molecule has 0 aromatic heterocycles. The maximum atomic E-state index is 4.86. The molecule has 3 heteroatoms. The standard InChI is InChI=1S/C12H22N2O/c1-10(2)9-13-12(14-15-3)11-7-5-4-6-8-11/h9-11H,4-8H2,1-3H3/b13-9?,14-12-. The van der Waals surface area contributed by atoms with Crippen molar-refractivity contribution in [2.45, 2.75) is 46.0 Å². The number of hydrogen-bond donors (Lipinski definition) is 0. The maximum absolute atomic E-state index is 4.86. The molecule has 0 N–H and O–H groups in total. The molecule has 15 heavy (non-hydrogen) atoms. The van der Waals surface area contributed by atoms with Gasteiger partial charge in [0.25, 0.3) is 0 Å². The van der Waals surface area contributed by atoms with E-state index in [1.165, 1.54) is 32.1 Å². The molecule has 1 fully saturated rings. The zero-order valence-corrected chi connectivity index (χ0v) is 10.1. The van der Waals surface area contributed by atoms with Crippen LogP contribution in [0.1, 0.15) is 46.0 Å². The molecule has 0 aliphatic heterocycles. The van der Waals surface area contributed by atoms with Crippen molar-refractivity contribution in [1.29, 1.82) is 0 Å². The zero-order valence-electron chi connectivity index (χ0n) is 10.1. The monoisotopic (exact) mass is 210 g/mol. The summed E-state index contributed by atoms with van der Waals surface area (Å²) in [5, 5.41) is 4.04. The van der Waals surface area contributed by atoms with E-state index in [1.54, 1.807) is 7.11 Å². The van der Waals surface area contributed by atoms with E-state index in [-0.39, 0.29) is 0 Å². The third-order valence-corrected chi connectivity index (χ3v) is 2.66. The van der Waals surface area contributed by atoms with Crippen LogP contribution in [0.5, 0.6) is 0 Å². The van der Waals surface area contributed by atoms with Gasteiger partial charge in [-0.15, -0.1) is 0 Å². The normalized spacial score (nSPS) is 20.1. The number of oxime groups is 1. The van der Waals surface area contributed by atoms with Gasteiger partial charge >= 0.3 is 0 Å². The summed E-state index contributed by atoms with van der Waals surface area (Å²) in [5.74, 6) is 1.86. The third-order valence-electron chi connectivity index (χ3n) is 2.66. The molecule has 1 aliphatic rings. The highest BCUT2D eigenvalue weighted by Gasteiger charge is 2.19. The second-order valence-corrected chi connectivity index (χ2v) is 4.49. The molecule has 0 aromatic rings. The summed E-state index contributed by atoms with van der Waals surface area (Å²) in [7, 11) is 1.59. The fourth-order valence-electron chi connectivity index (χ4n) is 1.88. The van der Waals surface area contributed by atoms with Crippen LogP contribution in [0.2, 0.25) is 0 Å². The summed E-state index contributed by atoms with van der Waals surface area (Å²) < 4.78 is 0. The second-order valence-electron chi connectivity index (χ2n) is 4.49. The summed E-state index contributed by atoms with van der Waals surface area (Å²) >= 11 is 0. The van der Waals surface area contributed by atoms with Crippen LogP contribution in [-0.4, -0.2) is 19.2 Å². The van der Waals surface area contributed by atoms with Gasteiger partial charge in [0.2, 0.25) is 0 Å². The number of nitrogens with zero attached hydrogens (tertiary/aromatic N) is 2. The Morgan fingerprint density at radius 3 is 2.47 bits per heavy atom. The predicted molar refractivity (Wildman–Crippen MR) is 64.3 cm³/mol. The Morgan fingerprint density at radius 1 is 1.27 bits per heavy atom. The van der Waals surface area contributed by atoms with E-state index < -0.39 is 0 Å². The summed E-state index contributed by atoms with van der Waals surface area (Å²) in [6, 6.07) is 0. The molecule has 0 bridgehead atoms. The Hall–Kier alpha value is -0.860. The Kier molecular flexibility index (Phi) is 5.37. The summed E-state index contributed by atoms with van der Waals surface area (Å²) in [5.41, 5.74) is 0. The first-order valence-corrected chi connectivity index (χ1v) is 5.89. The van der Waals surface area contributed by atoms with Gasteiger partial charge in [-0.1, -0.05) is 38.3 Å². The van der Waals surface area contributed by atoms with Gasteiger partial charge in [-0.05, 0) is 18.8 Å². The Bertz CT molecular complexity index is 228. The lowest BCUT2D eigenvalue weighted by Crippen LogP contribution is -2.17. The van der Waals surface area contributed by atoms with Gasteiger partial charge in [-0.25, -0.2) is 4.99 Å². The van der Waals surface area contributed by atoms with Crippen molar-refractivity contribution in [2.75, 3.05) is 7.11 Å². The molecule has 0 saturated heterocycles. The summed E-state index contributed by atoms with van der Waals surface area (Å²) in [6.45, 7) is 4.24. The molecule has 3 nitrogen and oxygen atoms in total. The molecule has 0 heterocycles. The lowest BCUT2D eigenvalue weighted by molar-refractivity contribution is 0.209. The van der Waals surface area contributed by atoms with Crippen molar-refractivity contribution >= 4 is 12.1 Å². The van der Waals surface area contributed by atoms with Gasteiger partial charge in [0.1, 0.15) is 7.11 Å². The van der Waals surface area contributed by atoms with Gasteiger partial charge in [-0.2, -0.15) is 0 Å². The van der Waals surface area contributed by atoms with Gasteiger partial charge in [0.15, 0.2) is 5.84 Å². The summed E-state index contributed by atoms with van der Waals surface area (Å²) in [6.07, 6.45) is 8.31. The van der Waals surface area contributed by atoms with Crippen molar-refractivity contribution in [2.24, 2.45) is 22.0 Å². The number of hydrogen-bond acceptors (Lipinski definition) is 2. The van der Waals surface area contributed by atoms with Gasteiger partial charge < -0.3 is 4.84 Å². The highest BCUT2D eigenvalue weighted by atomic mass is 16.6. The zero-order chi connectivity index (χ0) is 11.1. The van der Waals surface area contributed by atoms with Gasteiger partial charge in [-0.3, -0.25) is 0 Å². The van der Waals surface area contributed by atoms with Crippen LogP contribution in [0, 0.1) is 11.8 Å². The smallest absolute Gasteiger partial charge is 0.170 e. The number of amidine groups is 1. The minimum atomic E-state index is 0.468. The van der Waals surface area contributed by atoms with Crippen LogP contribution in [0.15, 0.2) is 10.1 Å². The van der Waals surface area contributed by atoms with Crippen LogP contribution in [0.3, 0.4) is 0 Å². The van der Waals surface area contributed by atoms with Crippen LogP contribution < -0.4 is 0 Å². The lowest BCUT2D eigenvalue weighted by Gasteiger charge is -2.20. The SMILES string of the molecule is CO/N=C(\N=CC(C)C)C1CCCCC1. The molecule has 0 amide bonds. The fraction of sp³-hybridized carbons (Fsp3) is 0.833. The second kappa shape index (κ2) is 6.59. The maximum Gasteiger partial charge on any atom is 0.170 e. The predicted octanol–water partition coefficient (Wildman–Crippen LogP) is 3.25. The van der Waals surface area contributed by atoms with E-state index in [0.717, 1.165) is 5.84 Å². The molecule has 86 valence electrons. The minimum Gasteiger partial charge on any atom is -0.398 e. The van der Waals surface area contributed by atoms with Crippen molar-refractivity contribution in [3.05, 3.63) is 0 Å². The number of aliphatic imine (C=N–C) groups is 1. The van der Waals surface area contributed by atoms with E-state index in [1.807, 2.05) is 6.21 Å². The average molecular weight is 210 g/mol. The lowest BCUT2D eigenvalue weighted by atomic mass is 9.88. The van der Waals surface area contributed by atoms with E-state index in [9.17, 15) is 0 Å². The van der Waals surface area contributed by atoms with Gasteiger partial charge in [0, 0.05) is 12.1 Å². The molecular formula is C12H22N2O. The molecule has 0 spiro atoms. The van der Waals surface area contributed by atoms with Crippen LogP contribution >= 0.6 is 0 Å². The Labute approximate surface area is 92.6 Å². The molecule has 0 aromatic carbocycles. The highest BCUT2D eigenvalue weighted by Crippen LogP contribution is 2.25. The van der Waals surface area contributed by atoms with Crippen molar-refractivity contribution in [1.82, 2.24) is 0 Å².